The normalized spacial score (nSPS) is 51.8. The number of fused-ring (bicyclic) bond motifs is 5. The Morgan fingerprint density at radius 3 is 2.36 bits per heavy atom. The van der Waals surface area contributed by atoms with Crippen LogP contribution in [0.1, 0.15) is 78.6 Å². The quantitative estimate of drug-likeness (QED) is 0.672. The van der Waals surface area contributed by atoms with Crippen molar-refractivity contribution in [2.45, 2.75) is 84.6 Å². The van der Waals surface area contributed by atoms with Gasteiger partial charge in [-0.15, -0.1) is 0 Å². The Balaban J connectivity index is 1.33. The highest BCUT2D eigenvalue weighted by Crippen LogP contribution is 2.67. The molecule has 158 valence electrons. The summed E-state index contributed by atoms with van der Waals surface area (Å²) in [5, 5.41) is 0. The molecule has 5 aliphatic rings. The molecule has 8 atom stereocenters. The fraction of sp³-hybridized carbons (Fsp3) is 0.960. The number of carbonyl (C=O) groups is 1. The summed E-state index contributed by atoms with van der Waals surface area (Å²) in [6, 6.07) is 0.806. The largest absolute Gasteiger partial charge is 0.379 e. The molecular formula is C25H41NO2. The van der Waals surface area contributed by atoms with Crippen molar-refractivity contribution >= 4 is 5.78 Å². The zero-order valence-corrected chi connectivity index (χ0v) is 18.4. The van der Waals surface area contributed by atoms with Crippen LogP contribution in [0.4, 0.5) is 0 Å². The number of hydrogen-bond donors (Lipinski definition) is 0. The monoisotopic (exact) mass is 387 g/mol. The maximum absolute atomic E-state index is 12.3. The maximum Gasteiger partial charge on any atom is 0.133 e. The van der Waals surface area contributed by atoms with Gasteiger partial charge in [0.25, 0.3) is 0 Å². The van der Waals surface area contributed by atoms with Gasteiger partial charge in [-0.05, 0) is 99.2 Å². The Bertz CT molecular complexity index is 614. The number of rotatable bonds is 2. The first-order valence-electron chi connectivity index (χ1n) is 12.3. The first-order chi connectivity index (χ1) is 13.4. The van der Waals surface area contributed by atoms with Gasteiger partial charge in [-0.25, -0.2) is 0 Å². The molecule has 0 amide bonds. The molecule has 4 saturated carbocycles. The van der Waals surface area contributed by atoms with Crippen LogP contribution in [0.5, 0.6) is 0 Å². The molecular weight excluding hydrogens is 346 g/mol. The highest BCUT2D eigenvalue weighted by molar-refractivity contribution is 5.79. The van der Waals surface area contributed by atoms with E-state index in [4.69, 9.17) is 4.74 Å². The van der Waals surface area contributed by atoms with Crippen LogP contribution in [0.3, 0.4) is 0 Å². The fourth-order valence-corrected chi connectivity index (χ4v) is 9.18. The highest BCUT2D eigenvalue weighted by Gasteiger charge is 2.60. The molecule has 3 heteroatoms. The molecule has 1 aliphatic heterocycles. The van der Waals surface area contributed by atoms with Crippen molar-refractivity contribution in [1.29, 1.82) is 0 Å². The minimum Gasteiger partial charge on any atom is -0.379 e. The average Bonchev–Trinajstić information content (AvgIpc) is 3.05. The van der Waals surface area contributed by atoms with Gasteiger partial charge in [0.15, 0.2) is 0 Å². The molecule has 1 saturated heterocycles. The standard InChI is InChI=1S/C25H41NO2/c1-17(27)21-6-7-22-20-5-4-18-16-19(26-12-14-28-15-13-26)8-10-24(18,2)23(20)9-11-25(21,22)3/h18-23H,4-16H2,1-3H3. The van der Waals surface area contributed by atoms with Crippen LogP contribution in [-0.4, -0.2) is 43.0 Å². The van der Waals surface area contributed by atoms with Gasteiger partial charge in [-0.2, -0.15) is 0 Å². The summed E-state index contributed by atoms with van der Waals surface area (Å²) < 4.78 is 5.60. The molecule has 0 radical (unpaired) electrons. The van der Waals surface area contributed by atoms with Crippen LogP contribution in [0.25, 0.3) is 0 Å². The first-order valence-corrected chi connectivity index (χ1v) is 12.3. The van der Waals surface area contributed by atoms with Gasteiger partial charge in [0.05, 0.1) is 13.2 Å². The lowest BCUT2D eigenvalue weighted by atomic mass is 9.44. The second-order valence-electron chi connectivity index (χ2n) is 11.5. The van der Waals surface area contributed by atoms with Crippen molar-refractivity contribution < 1.29 is 9.53 Å². The van der Waals surface area contributed by atoms with Crippen LogP contribution >= 0.6 is 0 Å². The topological polar surface area (TPSA) is 29.5 Å². The van der Waals surface area contributed by atoms with E-state index in [-0.39, 0.29) is 0 Å². The highest BCUT2D eigenvalue weighted by atomic mass is 16.5. The molecule has 0 aromatic rings. The van der Waals surface area contributed by atoms with E-state index < -0.39 is 0 Å². The van der Waals surface area contributed by atoms with Crippen LogP contribution in [0, 0.1) is 40.4 Å². The van der Waals surface area contributed by atoms with Crippen molar-refractivity contribution in [3.8, 4) is 0 Å². The maximum atomic E-state index is 12.3. The molecule has 5 rings (SSSR count). The molecule has 0 spiro atoms. The predicted molar refractivity (Wildman–Crippen MR) is 112 cm³/mol. The Morgan fingerprint density at radius 1 is 0.893 bits per heavy atom. The van der Waals surface area contributed by atoms with E-state index >= 15 is 0 Å². The third-order valence-corrected chi connectivity index (χ3v) is 10.7. The average molecular weight is 388 g/mol. The van der Waals surface area contributed by atoms with Gasteiger partial charge in [0, 0.05) is 25.0 Å². The molecule has 8 unspecified atom stereocenters. The number of Topliss-reactive ketones (excluding diaryl/α,β-unsaturated/α-hetero) is 1. The second-order valence-corrected chi connectivity index (χ2v) is 11.5. The predicted octanol–water partition coefficient (Wildman–Crippen LogP) is 4.94. The van der Waals surface area contributed by atoms with Gasteiger partial charge < -0.3 is 4.74 Å². The van der Waals surface area contributed by atoms with E-state index in [1.54, 1.807) is 0 Å². The number of morpholine rings is 1. The van der Waals surface area contributed by atoms with Crippen LogP contribution in [0.15, 0.2) is 0 Å². The molecule has 28 heavy (non-hydrogen) atoms. The van der Waals surface area contributed by atoms with Crippen LogP contribution in [0.2, 0.25) is 0 Å². The van der Waals surface area contributed by atoms with Crippen molar-refractivity contribution in [1.82, 2.24) is 4.90 Å². The second kappa shape index (κ2) is 7.08. The van der Waals surface area contributed by atoms with Gasteiger partial charge in [-0.3, -0.25) is 9.69 Å². The van der Waals surface area contributed by atoms with E-state index in [1.807, 2.05) is 6.92 Å². The minimum absolute atomic E-state index is 0.307. The summed E-state index contributed by atoms with van der Waals surface area (Å²) in [7, 11) is 0. The summed E-state index contributed by atoms with van der Waals surface area (Å²) in [4.78, 5) is 15.1. The molecule has 1 heterocycles. The number of ether oxygens (including phenoxy) is 1. The molecule has 0 N–H and O–H groups in total. The molecule has 3 nitrogen and oxygen atoms in total. The van der Waals surface area contributed by atoms with Crippen molar-refractivity contribution in [2.24, 2.45) is 40.4 Å². The Hall–Kier alpha value is -0.410. The summed E-state index contributed by atoms with van der Waals surface area (Å²) in [5.41, 5.74) is 0.864. The summed E-state index contributed by atoms with van der Waals surface area (Å²) >= 11 is 0. The van der Waals surface area contributed by atoms with Gasteiger partial charge >= 0.3 is 0 Å². The van der Waals surface area contributed by atoms with Crippen molar-refractivity contribution in [3.05, 3.63) is 0 Å². The van der Waals surface area contributed by atoms with E-state index in [0.29, 0.717) is 22.5 Å². The fourth-order valence-electron chi connectivity index (χ4n) is 9.18. The third kappa shape index (κ3) is 2.86. The zero-order chi connectivity index (χ0) is 19.5. The lowest BCUT2D eigenvalue weighted by molar-refractivity contribution is -0.137. The van der Waals surface area contributed by atoms with Gasteiger partial charge in [0.2, 0.25) is 0 Å². The Morgan fingerprint density at radius 2 is 1.61 bits per heavy atom. The smallest absolute Gasteiger partial charge is 0.133 e. The summed E-state index contributed by atoms with van der Waals surface area (Å²) in [6.45, 7) is 11.2. The third-order valence-electron chi connectivity index (χ3n) is 10.7. The Labute approximate surface area is 172 Å². The number of carbonyl (C=O) groups excluding carboxylic acids is 1. The van der Waals surface area contributed by atoms with Gasteiger partial charge in [-0.1, -0.05) is 13.8 Å². The van der Waals surface area contributed by atoms with Crippen LogP contribution in [-0.2, 0) is 9.53 Å². The van der Waals surface area contributed by atoms with E-state index in [0.717, 1.165) is 56.0 Å². The van der Waals surface area contributed by atoms with Crippen molar-refractivity contribution in [2.75, 3.05) is 26.3 Å². The molecule has 0 aromatic carbocycles. The lowest BCUT2D eigenvalue weighted by Gasteiger charge is -2.61. The number of hydrogen-bond acceptors (Lipinski definition) is 3. The van der Waals surface area contributed by atoms with E-state index in [2.05, 4.69) is 18.7 Å². The van der Waals surface area contributed by atoms with Gasteiger partial charge in [0.1, 0.15) is 5.78 Å². The SMILES string of the molecule is CC(=O)C1CCC2C3CCC4CC(N5CCOCC5)CCC4(C)C3CCC12C. The zero-order valence-electron chi connectivity index (χ0n) is 18.4. The molecule has 4 aliphatic carbocycles. The molecule has 0 aromatic heterocycles. The molecule has 5 fully saturated rings. The summed E-state index contributed by atoms with van der Waals surface area (Å²) in [5.74, 6) is 4.36. The molecule has 0 bridgehead atoms. The van der Waals surface area contributed by atoms with Crippen molar-refractivity contribution in [3.63, 3.8) is 0 Å². The minimum atomic E-state index is 0.307. The van der Waals surface area contributed by atoms with E-state index in [1.165, 1.54) is 57.8 Å². The Kier molecular flexibility index (Phi) is 4.94. The number of nitrogens with zero attached hydrogens (tertiary/aromatic N) is 1. The summed E-state index contributed by atoms with van der Waals surface area (Å²) in [6.07, 6.45) is 12.3. The number of ketones is 1. The van der Waals surface area contributed by atoms with Crippen LogP contribution < -0.4 is 0 Å². The first kappa shape index (κ1) is 19.5. The van der Waals surface area contributed by atoms with E-state index in [9.17, 15) is 4.79 Å². The lowest BCUT2D eigenvalue weighted by Crippen LogP contribution is -2.56.